The van der Waals surface area contributed by atoms with Crippen molar-refractivity contribution in [1.29, 1.82) is 0 Å². The number of rotatable bonds is 8. The molecule has 0 radical (unpaired) electrons. The molecule has 4 aromatic rings. The first-order chi connectivity index (χ1) is 18.5. The Labute approximate surface area is 231 Å². The molecule has 0 saturated carbocycles. The number of H-pyrrole nitrogens is 1. The SMILES string of the molecule is CCN(CC)c1cc(Cl)nc(SCc2cccc(C(=O)N3CCC(n4c(=O)[nH]c5ccccc54)CC3)c2)n1. The van der Waals surface area contributed by atoms with Crippen molar-refractivity contribution in [3.63, 3.8) is 0 Å². The number of likely N-dealkylation sites (tertiary alicyclic amines) is 1. The third kappa shape index (κ3) is 5.59. The molecule has 1 amide bonds. The Morgan fingerprint density at radius 3 is 2.61 bits per heavy atom. The number of hydrogen-bond acceptors (Lipinski definition) is 6. The van der Waals surface area contributed by atoms with Crippen molar-refractivity contribution >= 4 is 46.1 Å². The fourth-order valence-corrected chi connectivity index (χ4v) is 6.07. The lowest BCUT2D eigenvalue weighted by Crippen LogP contribution is -2.40. The van der Waals surface area contributed by atoms with E-state index in [9.17, 15) is 9.59 Å². The molecule has 1 N–H and O–H groups in total. The predicted molar refractivity (Wildman–Crippen MR) is 153 cm³/mol. The first-order valence-corrected chi connectivity index (χ1v) is 14.3. The van der Waals surface area contributed by atoms with E-state index in [-0.39, 0.29) is 17.6 Å². The number of fused-ring (bicyclic) bond motifs is 1. The smallest absolute Gasteiger partial charge is 0.326 e. The van der Waals surface area contributed by atoms with Crippen LogP contribution in [0.25, 0.3) is 11.0 Å². The molecule has 1 aliphatic rings. The fraction of sp³-hybridized carbons (Fsp3) is 0.357. The highest BCUT2D eigenvalue weighted by molar-refractivity contribution is 7.98. The maximum Gasteiger partial charge on any atom is 0.326 e. The van der Waals surface area contributed by atoms with Crippen LogP contribution in [0.4, 0.5) is 5.82 Å². The number of halogens is 1. The molecule has 10 heteroatoms. The second kappa shape index (κ2) is 11.6. The Morgan fingerprint density at radius 1 is 1.08 bits per heavy atom. The number of aromatic nitrogens is 4. The number of nitrogens with zero attached hydrogens (tertiary/aromatic N) is 5. The third-order valence-electron chi connectivity index (χ3n) is 7.03. The lowest BCUT2D eigenvalue weighted by atomic mass is 10.0. The van der Waals surface area contributed by atoms with Crippen LogP contribution in [0.15, 0.2) is 64.5 Å². The molecule has 1 aliphatic heterocycles. The summed E-state index contributed by atoms with van der Waals surface area (Å²) in [5.74, 6) is 1.47. The maximum atomic E-state index is 13.3. The zero-order valence-corrected chi connectivity index (χ0v) is 23.1. The summed E-state index contributed by atoms with van der Waals surface area (Å²) in [7, 11) is 0. The molecule has 0 unspecified atom stereocenters. The molecule has 1 fully saturated rings. The molecule has 0 spiro atoms. The maximum absolute atomic E-state index is 13.3. The van der Waals surface area contributed by atoms with Crippen LogP contribution in [0, 0.1) is 0 Å². The van der Waals surface area contributed by atoms with E-state index in [0.717, 1.165) is 48.3 Å². The van der Waals surface area contributed by atoms with Crippen LogP contribution in [0.2, 0.25) is 5.15 Å². The number of carbonyl (C=O) groups is 1. The van der Waals surface area contributed by atoms with Gasteiger partial charge in [-0.15, -0.1) is 0 Å². The summed E-state index contributed by atoms with van der Waals surface area (Å²) in [6.45, 7) is 7.07. The Hall–Kier alpha value is -3.30. The van der Waals surface area contributed by atoms with Gasteiger partial charge in [-0.25, -0.2) is 14.8 Å². The largest absolute Gasteiger partial charge is 0.357 e. The molecule has 0 atom stereocenters. The van der Waals surface area contributed by atoms with Gasteiger partial charge in [-0.3, -0.25) is 9.36 Å². The van der Waals surface area contributed by atoms with E-state index >= 15 is 0 Å². The summed E-state index contributed by atoms with van der Waals surface area (Å²) in [5, 5.41) is 1.04. The minimum absolute atomic E-state index is 0.0180. The summed E-state index contributed by atoms with van der Waals surface area (Å²) in [6, 6.07) is 17.3. The van der Waals surface area contributed by atoms with Gasteiger partial charge in [0.2, 0.25) is 0 Å². The second-order valence-electron chi connectivity index (χ2n) is 9.33. The zero-order valence-electron chi connectivity index (χ0n) is 21.6. The van der Waals surface area contributed by atoms with Crippen molar-refractivity contribution < 1.29 is 4.79 Å². The number of aromatic amines is 1. The standard InChI is InChI=1S/C28H31ClN6O2S/c1-3-33(4-2)25-17-24(29)31-27(32-25)38-18-19-8-7-9-20(16-19)26(36)34-14-12-21(13-15-34)35-23-11-6-5-10-22(23)30-28(35)37/h5-11,16-17,21H,3-4,12-15,18H2,1-2H3,(H,30,37). The van der Waals surface area contributed by atoms with Gasteiger partial charge in [0, 0.05) is 49.6 Å². The molecule has 2 aromatic heterocycles. The number of anilines is 1. The quantitative estimate of drug-likeness (QED) is 0.180. The van der Waals surface area contributed by atoms with Gasteiger partial charge in [-0.05, 0) is 56.5 Å². The van der Waals surface area contributed by atoms with E-state index in [4.69, 9.17) is 11.6 Å². The Bertz CT molecular complexity index is 1490. The first-order valence-electron chi connectivity index (χ1n) is 13.0. The van der Waals surface area contributed by atoms with E-state index in [2.05, 4.69) is 33.7 Å². The van der Waals surface area contributed by atoms with Gasteiger partial charge in [-0.1, -0.05) is 47.6 Å². The van der Waals surface area contributed by atoms with Crippen LogP contribution < -0.4 is 10.6 Å². The van der Waals surface area contributed by atoms with Gasteiger partial charge in [-0.2, -0.15) is 0 Å². The summed E-state index contributed by atoms with van der Waals surface area (Å²) >= 11 is 7.76. The first kappa shape index (κ1) is 26.3. The van der Waals surface area contributed by atoms with Gasteiger partial charge < -0.3 is 14.8 Å². The molecule has 2 aromatic carbocycles. The number of benzene rings is 2. The topological polar surface area (TPSA) is 87.1 Å². The second-order valence-corrected chi connectivity index (χ2v) is 10.7. The zero-order chi connectivity index (χ0) is 26.6. The molecule has 1 saturated heterocycles. The van der Waals surface area contributed by atoms with Gasteiger partial charge in [0.25, 0.3) is 5.91 Å². The summed E-state index contributed by atoms with van der Waals surface area (Å²) in [6.07, 6.45) is 1.48. The summed E-state index contributed by atoms with van der Waals surface area (Å²) in [5.41, 5.74) is 3.36. The number of thioether (sulfide) groups is 1. The van der Waals surface area contributed by atoms with Crippen molar-refractivity contribution in [1.82, 2.24) is 24.4 Å². The number of nitrogens with one attached hydrogen (secondary N) is 1. The third-order valence-corrected chi connectivity index (χ3v) is 8.14. The minimum atomic E-state index is -0.0888. The predicted octanol–water partition coefficient (Wildman–Crippen LogP) is 5.39. The fourth-order valence-electron chi connectivity index (χ4n) is 5.05. The molecule has 198 valence electrons. The van der Waals surface area contributed by atoms with E-state index in [1.807, 2.05) is 58.0 Å². The number of para-hydroxylation sites is 2. The van der Waals surface area contributed by atoms with Crippen LogP contribution >= 0.6 is 23.4 Å². The van der Waals surface area contributed by atoms with E-state index in [1.165, 1.54) is 11.8 Å². The van der Waals surface area contributed by atoms with Crippen LogP contribution in [0.1, 0.15) is 48.7 Å². The normalized spacial score (nSPS) is 14.2. The van der Waals surface area contributed by atoms with Gasteiger partial charge in [0.15, 0.2) is 5.16 Å². The summed E-state index contributed by atoms with van der Waals surface area (Å²) < 4.78 is 1.85. The van der Waals surface area contributed by atoms with Gasteiger partial charge in [0.1, 0.15) is 11.0 Å². The highest BCUT2D eigenvalue weighted by atomic mass is 35.5. The van der Waals surface area contributed by atoms with Crippen molar-refractivity contribution in [3.8, 4) is 0 Å². The van der Waals surface area contributed by atoms with E-state index in [0.29, 0.717) is 34.7 Å². The van der Waals surface area contributed by atoms with E-state index in [1.54, 1.807) is 6.07 Å². The van der Waals surface area contributed by atoms with Crippen molar-refractivity contribution in [2.24, 2.45) is 0 Å². The molecular formula is C28H31ClN6O2S. The molecule has 8 nitrogen and oxygen atoms in total. The number of piperidine rings is 1. The Balaban J connectivity index is 1.23. The van der Waals surface area contributed by atoms with Crippen LogP contribution in [0.3, 0.4) is 0 Å². The lowest BCUT2D eigenvalue weighted by molar-refractivity contribution is 0.0695. The molecular weight excluding hydrogens is 520 g/mol. The van der Waals surface area contributed by atoms with Crippen LogP contribution in [-0.2, 0) is 5.75 Å². The monoisotopic (exact) mass is 550 g/mol. The van der Waals surface area contributed by atoms with E-state index < -0.39 is 0 Å². The lowest BCUT2D eigenvalue weighted by Gasteiger charge is -2.32. The van der Waals surface area contributed by atoms with Crippen molar-refractivity contribution in [3.05, 3.63) is 81.4 Å². The average Bonchev–Trinajstić information content (AvgIpc) is 3.28. The molecule has 3 heterocycles. The van der Waals surface area contributed by atoms with Crippen molar-refractivity contribution in [2.75, 3.05) is 31.1 Å². The molecule has 5 rings (SSSR count). The number of hydrogen-bond donors (Lipinski definition) is 1. The highest BCUT2D eigenvalue weighted by Crippen LogP contribution is 2.27. The highest BCUT2D eigenvalue weighted by Gasteiger charge is 2.26. The minimum Gasteiger partial charge on any atom is -0.357 e. The summed E-state index contributed by atoms with van der Waals surface area (Å²) in [4.78, 5) is 41.9. The Kier molecular flexibility index (Phi) is 8.04. The van der Waals surface area contributed by atoms with Gasteiger partial charge >= 0.3 is 5.69 Å². The number of carbonyl (C=O) groups excluding carboxylic acids is 1. The van der Waals surface area contributed by atoms with Crippen LogP contribution in [-0.4, -0.2) is 56.5 Å². The number of amides is 1. The molecule has 38 heavy (non-hydrogen) atoms. The molecule has 0 aliphatic carbocycles. The Morgan fingerprint density at radius 2 is 1.84 bits per heavy atom. The number of imidazole rings is 1. The molecule has 0 bridgehead atoms. The average molecular weight is 551 g/mol. The van der Waals surface area contributed by atoms with Gasteiger partial charge in [0.05, 0.1) is 11.0 Å². The van der Waals surface area contributed by atoms with Crippen LogP contribution in [0.5, 0.6) is 0 Å². The van der Waals surface area contributed by atoms with Crippen molar-refractivity contribution in [2.45, 2.75) is 43.6 Å².